The number of rotatable bonds is 72. The fourth-order valence-corrected chi connectivity index (χ4v) is 11.3. The molecule has 0 bridgehead atoms. The molecule has 0 aromatic heterocycles. The average molecular weight is 1360 g/mol. The van der Waals surface area contributed by atoms with E-state index in [9.17, 15) is 19.0 Å². The van der Waals surface area contributed by atoms with E-state index in [-0.39, 0.29) is 38.6 Å². The molecule has 0 fully saturated rings. The first-order valence-electron chi connectivity index (χ1n) is 39.3. The standard InChI is InChI=1S/C87H144NO8P/c1-3-5-7-9-11-13-15-17-19-21-23-25-27-29-31-33-35-37-39-41-42-44-45-47-49-51-53-55-57-59-61-63-65-67-69-71-73-75-77-79-86(89)93-83-85(84-95-97(91,92)94-82-81-88)96-87(90)80-78-76-74-72-70-68-66-64-62-60-58-56-54-52-50-48-46-43-40-38-36-34-32-30-28-26-24-22-20-18-16-14-12-10-8-6-4-2/h5-8,11-14,17-20,23-26,29-32,36,38,43,46,50,52,56,58,62,64,85H,3-4,9-10,15-16,21-22,27-28,33-35,37,39-42,44-45,47-49,51,53-55,57,59-61,63,65-84,88H2,1-2H3,(H,91,92)/b7-5-,8-6-,13-11-,14-12-,19-17-,20-18-,25-23-,26-24-,31-29-,32-30-,38-36-,46-43-,52-50-,58-56-,64-62-. The molecule has 97 heavy (non-hydrogen) atoms. The zero-order valence-electron chi connectivity index (χ0n) is 62.0. The summed E-state index contributed by atoms with van der Waals surface area (Å²) in [6.45, 7) is 3.51. The molecule has 9 nitrogen and oxygen atoms in total. The molecular weight excluding hydrogens is 1220 g/mol. The smallest absolute Gasteiger partial charge is 0.462 e. The highest BCUT2D eigenvalue weighted by Crippen LogP contribution is 2.43. The van der Waals surface area contributed by atoms with Gasteiger partial charge in [0.05, 0.1) is 13.2 Å². The topological polar surface area (TPSA) is 134 Å². The van der Waals surface area contributed by atoms with Gasteiger partial charge in [-0.25, -0.2) is 4.57 Å². The van der Waals surface area contributed by atoms with Crippen molar-refractivity contribution in [2.45, 2.75) is 328 Å². The van der Waals surface area contributed by atoms with Gasteiger partial charge in [0, 0.05) is 19.4 Å². The van der Waals surface area contributed by atoms with Gasteiger partial charge in [-0.15, -0.1) is 0 Å². The van der Waals surface area contributed by atoms with Crippen molar-refractivity contribution in [2.24, 2.45) is 5.73 Å². The molecule has 0 aromatic carbocycles. The van der Waals surface area contributed by atoms with Crippen LogP contribution in [0.4, 0.5) is 0 Å². The highest BCUT2D eigenvalue weighted by molar-refractivity contribution is 7.47. The van der Waals surface area contributed by atoms with Crippen LogP contribution in [0.2, 0.25) is 0 Å². The fraction of sp³-hybridized carbons (Fsp3) is 0.632. The van der Waals surface area contributed by atoms with Crippen LogP contribution in [0.3, 0.4) is 0 Å². The van der Waals surface area contributed by atoms with E-state index in [0.717, 1.165) is 154 Å². The number of hydrogen-bond donors (Lipinski definition) is 2. The van der Waals surface area contributed by atoms with Gasteiger partial charge in [-0.05, 0) is 135 Å². The van der Waals surface area contributed by atoms with E-state index in [2.05, 4.69) is 196 Å². The number of phosphoric ester groups is 1. The summed E-state index contributed by atoms with van der Waals surface area (Å²) in [5.74, 6) is -0.845. The van der Waals surface area contributed by atoms with Crippen molar-refractivity contribution in [3.05, 3.63) is 182 Å². The van der Waals surface area contributed by atoms with Crippen molar-refractivity contribution in [2.75, 3.05) is 26.4 Å². The Kier molecular flexibility index (Phi) is 76.1. The number of phosphoric acid groups is 1. The van der Waals surface area contributed by atoms with Gasteiger partial charge in [0.15, 0.2) is 6.10 Å². The minimum absolute atomic E-state index is 0.0437. The average Bonchev–Trinajstić information content (AvgIpc) is 2.17. The second-order valence-electron chi connectivity index (χ2n) is 25.5. The third kappa shape index (κ3) is 80.0. The summed E-state index contributed by atoms with van der Waals surface area (Å²) in [6.07, 6.45) is 120. The Morgan fingerprint density at radius 1 is 0.309 bits per heavy atom. The van der Waals surface area contributed by atoms with Gasteiger partial charge in [-0.3, -0.25) is 18.6 Å². The predicted molar refractivity (Wildman–Crippen MR) is 422 cm³/mol. The van der Waals surface area contributed by atoms with Gasteiger partial charge in [-0.2, -0.15) is 0 Å². The molecule has 0 saturated heterocycles. The second-order valence-corrected chi connectivity index (χ2v) is 26.9. The Morgan fingerprint density at radius 2 is 0.536 bits per heavy atom. The van der Waals surface area contributed by atoms with Crippen molar-refractivity contribution < 1.29 is 37.6 Å². The van der Waals surface area contributed by atoms with Gasteiger partial charge in [0.1, 0.15) is 6.61 Å². The van der Waals surface area contributed by atoms with E-state index in [0.29, 0.717) is 6.42 Å². The Labute approximate surface area is 596 Å². The van der Waals surface area contributed by atoms with E-state index >= 15 is 0 Å². The molecule has 550 valence electrons. The van der Waals surface area contributed by atoms with Crippen molar-refractivity contribution in [1.82, 2.24) is 0 Å². The largest absolute Gasteiger partial charge is 0.472 e. The van der Waals surface area contributed by atoms with Crippen molar-refractivity contribution in [3.8, 4) is 0 Å². The molecular formula is C87H144NO8P. The predicted octanol–water partition coefficient (Wildman–Crippen LogP) is 26.6. The van der Waals surface area contributed by atoms with Gasteiger partial charge >= 0.3 is 19.8 Å². The molecule has 0 heterocycles. The van der Waals surface area contributed by atoms with Crippen LogP contribution in [-0.2, 0) is 32.7 Å². The van der Waals surface area contributed by atoms with Crippen molar-refractivity contribution in [3.63, 3.8) is 0 Å². The summed E-state index contributed by atoms with van der Waals surface area (Å²) in [4.78, 5) is 35.5. The van der Waals surface area contributed by atoms with Crippen LogP contribution in [0.1, 0.15) is 322 Å². The molecule has 0 aliphatic rings. The summed E-state index contributed by atoms with van der Waals surface area (Å²) in [6, 6.07) is 0. The lowest BCUT2D eigenvalue weighted by Gasteiger charge is -2.19. The molecule has 2 atom stereocenters. The minimum Gasteiger partial charge on any atom is -0.462 e. The number of unbranched alkanes of at least 4 members (excludes halogenated alkanes) is 29. The molecule has 2 unspecified atom stereocenters. The van der Waals surface area contributed by atoms with E-state index in [4.69, 9.17) is 24.3 Å². The van der Waals surface area contributed by atoms with E-state index < -0.39 is 26.5 Å². The summed E-state index contributed by atoms with van der Waals surface area (Å²) < 4.78 is 33.2. The summed E-state index contributed by atoms with van der Waals surface area (Å²) in [7, 11) is -4.41. The monoisotopic (exact) mass is 1360 g/mol. The molecule has 0 aliphatic heterocycles. The molecule has 0 aromatic rings. The number of nitrogens with two attached hydrogens (primary N) is 1. The van der Waals surface area contributed by atoms with E-state index in [1.54, 1.807) is 0 Å². The van der Waals surface area contributed by atoms with Crippen LogP contribution in [0.15, 0.2) is 182 Å². The maximum absolute atomic E-state index is 12.8. The Bertz CT molecular complexity index is 2250. The number of allylic oxidation sites excluding steroid dienone is 30. The first kappa shape index (κ1) is 92.1. The Hall–Kier alpha value is -4.89. The van der Waals surface area contributed by atoms with Crippen LogP contribution < -0.4 is 5.73 Å². The third-order valence-electron chi connectivity index (χ3n) is 16.3. The lowest BCUT2D eigenvalue weighted by Crippen LogP contribution is -2.29. The zero-order chi connectivity index (χ0) is 70.0. The van der Waals surface area contributed by atoms with E-state index in [1.165, 1.54) is 135 Å². The Balaban J connectivity index is 3.90. The van der Waals surface area contributed by atoms with Gasteiger partial charge in [0.25, 0.3) is 0 Å². The second kappa shape index (κ2) is 80.1. The zero-order valence-corrected chi connectivity index (χ0v) is 62.9. The van der Waals surface area contributed by atoms with Crippen LogP contribution in [0.25, 0.3) is 0 Å². The maximum Gasteiger partial charge on any atom is 0.472 e. The first-order chi connectivity index (χ1) is 47.8. The molecule has 0 saturated carbocycles. The van der Waals surface area contributed by atoms with Gasteiger partial charge in [-0.1, -0.05) is 357 Å². The van der Waals surface area contributed by atoms with Crippen molar-refractivity contribution in [1.29, 1.82) is 0 Å². The molecule has 0 rings (SSSR count). The number of esters is 2. The summed E-state index contributed by atoms with van der Waals surface area (Å²) >= 11 is 0. The highest BCUT2D eigenvalue weighted by Gasteiger charge is 2.26. The Morgan fingerprint density at radius 3 is 0.794 bits per heavy atom. The van der Waals surface area contributed by atoms with Crippen LogP contribution in [0.5, 0.6) is 0 Å². The van der Waals surface area contributed by atoms with Crippen LogP contribution >= 0.6 is 7.82 Å². The minimum atomic E-state index is -4.41. The fourth-order valence-electron chi connectivity index (χ4n) is 10.6. The maximum atomic E-state index is 12.8. The molecule has 3 N–H and O–H groups in total. The number of carbonyl (C=O) groups is 2. The third-order valence-corrected chi connectivity index (χ3v) is 17.3. The number of hydrogen-bond acceptors (Lipinski definition) is 8. The summed E-state index contributed by atoms with van der Waals surface area (Å²) in [5, 5.41) is 0. The number of carbonyl (C=O) groups excluding carboxylic acids is 2. The molecule has 0 spiro atoms. The van der Waals surface area contributed by atoms with Gasteiger partial charge < -0.3 is 20.1 Å². The molecule has 0 aliphatic carbocycles. The quantitative estimate of drug-likeness (QED) is 0.0264. The molecule has 10 heteroatoms. The summed E-state index contributed by atoms with van der Waals surface area (Å²) in [5.41, 5.74) is 5.41. The first-order valence-corrected chi connectivity index (χ1v) is 40.8. The highest BCUT2D eigenvalue weighted by atomic mass is 31.2. The van der Waals surface area contributed by atoms with Gasteiger partial charge in [0.2, 0.25) is 0 Å². The van der Waals surface area contributed by atoms with Crippen LogP contribution in [0, 0.1) is 0 Å². The normalized spacial score (nSPS) is 13.9. The lowest BCUT2D eigenvalue weighted by atomic mass is 10.0. The number of ether oxygens (including phenoxy) is 2. The molecule has 0 amide bonds. The van der Waals surface area contributed by atoms with Crippen molar-refractivity contribution >= 4 is 19.8 Å². The van der Waals surface area contributed by atoms with Crippen LogP contribution in [-0.4, -0.2) is 49.3 Å². The SMILES string of the molecule is CC/C=C\C/C=C\C/C=C\C/C=C\C/C=C\C/C=C\C/C=C\C/C=C\C/C=C\C/C=C\CCCCCCCCC(=O)OC(COC(=O)CCCCCCCCCCCCCCCCCCCCCCCCC/C=C\C/C=C\C/C=C\C/C=C\C/C=C\CC)COP(=O)(O)OCCN. The van der Waals surface area contributed by atoms with E-state index in [1.807, 2.05) is 0 Å². The lowest BCUT2D eigenvalue weighted by molar-refractivity contribution is -0.161. The molecule has 0 radical (unpaired) electrons.